The monoisotopic (exact) mass is 385 g/mol. The van der Waals surface area contributed by atoms with Gasteiger partial charge in [-0.3, -0.25) is 4.79 Å². The van der Waals surface area contributed by atoms with Gasteiger partial charge >= 0.3 is 0 Å². The minimum absolute atomic E-state index is 0. The Labute approximate surface area is 162 Å². The zero-order valence-electron chi connectivity index (χ0n) is 15.7. The van der Waals surface area contributed by atoms with Gasteiger partial charge in [0.1, 0.15) is 0 Å². The van der Waals surface area contributed by atoms with Crippen molar-refractivity contribution in [2.45, 2.75) is 70.4 Å². The Bertz CT molecular complexity index is 552. The van der Waals surface area contributed by atoms with E-state index in [0.717, 1.165) is 44.5 Å². The van der Waals surface area contributed by atoms with Crippen molar-refractivity contribution < 1.29 is 9.53 Å². The van der Waals surface area contributed by atoms with Crippen molar-refractivity contribution in [3.8, 4) is 0 Å². The number of hydrogen-bond acceptors (Lipinski definition) is 5. The second kappa shape index (κ2) is 10.8. The van der Waals surface area contributed by atoms with Gasteiger partial charge in [-0.1, -0.05) is 30.9 Å². The second-order valence-electron chi connectivity index (χ2n) is 7.19. The highest BCUT2D eigenvalue weighted by molar-refractivity contribution is 5.93. The lowest BCUT2D eigenvalue weighted by Crippen LogP contribution is -2.31. The maximum absolute atomic E-state index is 12.4. The predicted octanol–water partition coefficient (Wildman–Crippen LogP) is 2.40. The molecule has 8 heteroatoms. The summed E-state index contributed by atoms with van der Waals surface area (Å²) in [6.07, 6.45) is 9.88. The van der Waals surface area contributed by atoms with Crippen LogP contribution in [0.3, 0.4) is 0 Å². The normalized spacial score (nSPS) is 19.6. The van der Waals surface area contributed by atoms with Gasteiger partial charge in [-0.15, -0.1) is 17.5 Å². The van der Waals surface area contributed by atoms with E-state index >= 15 is 0 Å². The molecule has 1 aromatic rings. The number of amides is 1. The third-order valence-electron chi connectivity index (χ3n) is 5.34. The van der Waals surface area contributed by atoms with Crippen LogP contribution in [0.15, 0.2) is 0 Å². The Balaban J connectivity index is 0.00000243. The number of ether oxygens (including phenoxy) is 1. The first kappa shape index (κ1) is 21.1. The SMILES string of the molecule is Cc1c(C(=O)NCCOC2CCCCCC2)nnn1C1CCNCC1.Cl. The van der Waals surface area contributed by atoms with E-state index in [4.69, 9.17) is 4.74 Å². The van der Waals surface area contributed by atoms with Crippen molar-refractivity contribution in [3.05, 3.63) is 11.4 Å². The number of carbonyl (C=O) groups is 1. The molecule has 1 saturated carbocycles. The fourth-order valence-corrected chi connectivity index (χ4v) is 3.83. The van der Waals surface area contributed by atoms with E-state index in [1.807, 2.05) is 11.6 Å². The van der Waals surface area contributed by atoms with Crippen LogP contribution < -0.4 is 10.6 Å². The van der Waals surface area contributed by atoms with E-state index in [-0.39, 0.29) is 18.3 Å². The van der Waals surface area contributed by atoms with Crippen LogP contribution in [0.5, 0.6) is 0 Å². The van der Waals surface area contributed by atoms with Crippen molar-refractivity contribution in [2.24, 2.45) is 0 Å². The summed E-state index contributed by atoms with van der Waals surface area (Å²) in [5, 5.41) is 14.6. The Kier molecular flexibility index (Phi) is 8.81. The molecule has 1 aliphatic heterocycles. The molecular formula is C18H32ClN5O2. The van der Waals surface area contributed by atoms with Gasteiger partial charge in [-0.05, 0) is 45.7 Å². The first-order valence-corrected chi connectivity index (χ1v) is 9.78. The van der Waals surface area contributed by atoms with Crippen molar-refractivity contribution in [3.63, 3.8) is 0 Å². The number of halogens is 1. The molecular weight excluding hydrogens is 354 g/mol. The summed E-state index contributed by atoms with van der Waals surface area (Å²) in [6.45, 7) is 5.00. The van der Waals surface area contributed by atoms with Gasteiger partial charge in [0.25, 0.3) is 5.91 Å². The van der Waals surface area contributed by atoms with E-state index in [2.05, 4.69) is 20.9 Å². The number of nitrogens with zero attached hydrogens (tertiary/aromatic N) is 3. The van der Waals surface area contributed by atoms with E-state index in [0.29, 0.717) is 31.0 Å². The zero-order chi connectivity index (χ0) is 17.5. The summed E-state index contributed by atoms with van der Waals surface area (Å²) in [5.41, 5.74) is 1.29. The first-order chi connectivity index (χ1) is 12.3. The van der Waals surface area contributed by atoms with Gasteiger partial charge < -0.3 is 15.4 Å². The Morgan fingerprint density at radius 1 is 1.19 bits per heavy atom. The average Bonchev–Trinajstić information content (AvgIpc) is 2.84. The van der Waals surface area contributed by atoms with Crippen LogP contribution in [-0.2, 0) is 4.74 Å². The largest absolute Gasteiger partial charge is 0.376 e. The van der Waals surface area contributed by atoms with Gasteiger partial charge in [0.15, 0.2) is 5.69 Å². The highest BCUT2D eigenvalue weighted by Gasteiger charge is 2.22. The van der Waals surface area contributed by atoms with Crippen LogP contribution >= 0.6 is 12.4 Å². The molecule has 0 aromatic carbocycles. The van der Waals surface area contributed by atoms with Crippen molar-refractivity contribution in [2.75, 3.05) is 26.2 Å². The molecule has 0 unspecified atom stereocenters. The van der Waals surface area contributed by atoms with Crippen molar-refractivity contribution in [1.29, 1.82) is 0 Å². The average molecular weight is 386 g/mol. The lowest BCUT2D eigenvalue weighted by molar-refractivity contribution is 0.0441. The van der Waals surface area contributed by atoms with E-state index < -0.39 is 0 Å². The van der Waals surface area contributed by atoms with Crippen LogP contribution in [0.25, 0.3) is 0 Å². The lowest BCUT2D eigenvalue weighted by Gasteiger charge is -2.23. The molecule has 1 aromatic heterocycles. The lowest BCUT2D eigenvalue weighted by atomic mass is 10.1. The van der Waals surface area contributed by atoms with Crippen LogP contribution in [0.1, 0.15) is 73.6 Å². The van der Waals surface area contributed by atoms with Crippen LogP contribution in [0.4, 0.5) is 0 Å². The molecule has 2 heterocycles. The third-order valence-corrected chi connectivity index (χ3v) is 5.34. The molecule has 148 valence electrons. The van der Waals surface area contributed by atoms with Gasteiger partial charge in [0.2, 0.25) is 0 Å². The molecule has 1 aliphatic carbocycles. The fourth-order valence-electron chi connectivity index (χ4n) is 3.83. The zero-order valence-corrected chi connectivity index (χ0v) is 16.5. The number of piperidine rings is 1. The number of nitrogens with one attached hydrogen (secondary N) is 2. The first-order valence-electron chi connectivity index (χ1n) is 9.78. The predicted molar refractivity (Wildman–Crippen MR) is 103 cm³/mol. The number of carbonyl (C=O) groups excluding carboxylic acids is 1. The summed E-state index contributed by atoms with van der Waals surface area (Å²) in [6, 6.07) is 0.342. The number of aromatic nitrogens is 3. The van der Waals surface area contributed by atoms with Crippen LogP contribution in [0.2, 0.25) is 0 Å². The van der Waals surface area contributed by atoms with Crippen molar-refractivity contribution >= 4 is 18.3 Å². The molecule has 0 radical (unpaired) electrons. The fraction of sp³-hybridized carbons (Fsp3) is 0.833. The maximum atomic E-state index is 12.4. The van der Waals surface area contributed by atoms with Gasteiger partial charge in [0, 0.05) is 6.54 Å². The molecule has 7 nitrogen and oxygen atoms in total. The molecule has 0 spiro atoms. The Morgan fingerprint density at radius 3 is 2.58 bits per heavy atom. The summed E-state index contributed by atoms with van der Waals surface area (Å²) in [7, 11) is 0. The highest BCUT2D eigenvalue weighted by atomic mass is 35.5. The summed E-state index contributed by atoms with van der Waals surface area (Å²) in [5.74, 6) is -0.151. The molecule has 2 N–H and O–H groups in total. The molecule has 1 saturated heterocycles. The number of rotatable bonds is 6. The Hall–Kier alpha value is -1.18. The quantitative estimate of drug-likeness (QED) is 0.580. The molecule has 0 atom stereocenters. The van der Waals surface area contributed by atoms with Crippen LogP contribution in [0, 0.1) is 6.92 Å². The highest BCUT2D eigenvalue weighted by Crippen LogP contribution is 2.21. The third kappa shape index (κ3) is 5.66. The molecule has 3 rings (SSSR count). The van der Waals surface area contributed by atoms with Gasteiger partial charge in [-0.25, -0.2) is 4.68 Å². The van der Waals surface area contributed by atoms with Crippen LogP contribution in [-0.4, -0.2) is 53.2 Å². The topological polar surface area (TPSA) is 81.1 Å². The smallest absolute Gasteiger partial charge is 0.273 e. The molecule has 2 aliphatic rings. The van der Waals surface area contributed by atoms with Gasteiger partial charge in [0.05, 0.1) is 24.4 Å². The minimum Gasteiger partial charge on any atom is -0.376 e. The second-order valence-corrected chi connectivity index (χ2v) is 7.19. The Morgan fingerprint density at radius 2 is 1.88 bits per heavy atom. The molecule has 1 amide bonds. The summed E-state index contributed by atoms with van der Waals surface area (Å²) < 4.78 is 7.83. The summed E-state index contributed by atoms with van der Waals surface area (Å²) >= 11 is 0. The summed E-state index contributed by atoms with van der Waals surface area (Å²) in [4.78, 5) is 12.4. The van der Waals surface area contributed by atoms with Gasteiger partial charge in [-0.2, -0.15) is 0 Å². The van der Waals surface area contributed by atoms with E-state index in [1.165, 1.54) is 25.7 Å². The molecule has 26 heavy (non-hydrogen) atoms. The maximum Gasteiger partial charge on any atom is 0.273 e. The molecule has 2 fully saturated rings. The van der Waals surface area contributed by atoms with E-state index in [1.54, 1.807) is 0 Å². The number of hydrogen-bond donors (Lipinski definition) is 2. The molecule has 0 bridgehead atoms. The van der Waals surface area contributed by atoms with E-state index in [9.17, 15) is 4.79 Å². The standard InChI is InChI=1S/C18H31N5O2.ClH/c1-14-17(21-22-23(14)15-8-10-19-11-9-15)18(24)20-12-13-25-16-6-4-2-3-5-7-16;/h15-16,19H,2-13H2,1H3,(H,20,24);1H. The van der Waals surface area contributed by atoms with Crippen molar-refractivity contribution in [1.82, 2.24) is 25.6 Å². The minimum atomic E-state index is -0.151.